The highest BCUT2D eigenvalue weighted by Crippen LogP contribution is 2.24. The quantitative estimate of drug-likeness (QED) is 0.788. The fraction of sp³-hybridized carbons (Fsp3) is 0.312. The van der Waals surface area contributed by atoms with Gasteiger partial charge in [-0.25, -0.2) is 0 Å². The zero-order chi connectivity index (χ0) is 16.3. The number of halogens is 1. The number of carbonyl (C=O) groups is 1. The van der Waals surface area contributed by atoms with E-state index in [1.165, 1.54) is 6.92 Å². The molecule has 5 nitrogen and oxygen atoms in total. The van der Waals surface area contributed by atoms with Crippen LogP contribution >= 0.6 is 11.6 Å². The molecule has 0 aliphatic carbocycles. The first-order valence-electron chi connectivity index (χ1n) is 6.81. The molecule has 0 aliphatic rings. The molecule has 0 saturated heterocycles. The normalized spacial score (nSPS) is 15.1. The predicted octanol–water partition coefficient (Wildman–Crippen LogP) is 2.30. The number of aliphatic hydroxyl groups is 2. The van der Waals surface area contributed by atoms with Crippen molar-refractivity contribution in [1.29, 1.82) is 0 Å². The summed E-state index contributed by atoms with van der Waals surface area (Å²) in [6.07, 6.45) is -1.40. The number of furan rings is 1. The Morgan fingerprint density at radius 2 is 2.05 bits per heavy atom. The molecule has 0 saturated carbocycles. The smallest absolute Gasteiger partial charge is 0.253 e. The summed E-state index contributed by atoms with van der Waals surface area (Å²) < 4.78 is 5.36. The summed E-state index contributed by atoms with van der Waals surface area (Å²) in [4.78, 5) is 12.0. The van der Waals surface area contributed by atoms with Gasteiger partial charge in [0.1, 0.15) is 17.1 Å². The van der Waals surface area contributed by atoms with E-state index in [0.717, 1.165) is 0 Å². The Kier molecular flexibility index (Phi) is 4.90. The van der Waals surface area contributed by atoms with Crippen LogP contribution < -0.4 is 5.32 Å². The van der Waals surface area contributed by atoms with E-state index in [1.807, 2.05) is 0 Å². The monoisotopic (exact) mass is 323 g/mol. The first-order chi connectivity index (χ1) is 10.3. The average Bonchev–Trinajstić information content (AvgIpc) is 2.92. The summed E-state index contributed by atoms with van der Waals surface area (Å²) >= 11 is 5.95. The van der Waals surface area contributed by atoms with Gasteiger partial charge in [-0.2, -0.15) is 0 Å². The fourth-order valence-electron chi connectivity index (χ4n) is 2.01. The van der Waals surface area contributed by atoms with Gasteiger partial charge in [0.25, 0.3) is 5.91 Å². The SMILES string of the molecule is Cc1ccc(C(C)(O)CNC(=O)[C@H](O)c2ccccc2Cl)o1. The molecule has 1 aromatic carbocycles. The summed E-state index contributed by atoms with van der Waals surface area (Å²) in [7, 11) is 0. The van der Waals surface area contributed by atoms with Gasteiger partial charge < -0.3 is 19.9 Å². The van der Waals surface area contributed by atoms with Gasteiger partial charge in [-0.1, -0.05) is 29.8 Å². The third-order valence-electron chi connectivity index (χ3n) is 3.33. The Bertz CT molecular complexity index is 666. The molecule has 118 valence electrons. The van der Waals surface area contributed by atoms with Gasteiger partial charge in [0.2, 0.25) is 0 Å². The zero-order valence-corrected chi connectivity index (χ0v) is 13.1. The topological polar surface area (TPSA) is 82.7 Å². The van der Waals surface area contributed by atoms with Crippen LogP contribution in [0.1, 0.15) is 30.1 Å². The van der Waals surface area contributed by atoms with E-state index in [4.69, 9.17) is 16.0 Å². The average molecular weight is 324 g/mol. The second-order valence-corrected chi connectivity index (χ2v) is 5.73. The minimum Gasteiger partial charge on any atom is -0.463 e. The van der Waals surface area contributed by atoms with Crippen LogP contribution in [0.5, 0.6) is 0 Å². The summed E-state index contributed by atoms with van der Waals surface area (Å²) in [5, 5.41) is 23.2. The zero-order valence-electron chi connectivity index (χ0n) is 12.3. The van der Waals surface area contributed by atoms with E-state index < -0.39 is 17.6 Å². The number of hydrogen-bond donors (Lipinski definition) is 3. The minimum absolute atomic E-state index is 0.0969. The van der Waals surface area contributed by atoms with E-state index in [9.17, 15) is 15.0 Å². The van der Waals surface area contributed by atoms with E-state index in [1.54, 1.807) is 43.3 Å². The second-order valence-electron chi connectivity index (χ2n) is 5.33. The number of hydrogen-bond acceptors (Lipinski definition) is 4. The molecule has 6 heteroatoms. The molecule has 0 aliphatic heterocycles. The molecule has 2 atom stereocenters. The summed E-state index contributed by atoms with van der Waals surface area (Å²) in [5.74, 6) is 0.367. The second kappa shape index (κ2) is 6.52. The number of benzene rings is 1. The highest BCUT2D eigenvalue weighted by Gasteiger charge is 2.29. The lowest BCUT2D eigenvalue weighted by molar-refractivity contribution is -0.131. The molecule has 1 aromatic heterocycles. The maximum Gasteiger partial charge on any atom is 0.253 e. The van der Waals surface area contributed by atoms with Gasteiger partial charge >= 0.3 is 0 Å². The van der Waals surface area contributed by atoms with Crippen molar-refractivity contribution in [2.75, 3.05) is 6.54 Å². The largest absolute Gasteiger partial charge is 0.463 e. The Morgan fingerprint density at radius 3 is 2.64 bits per heavy atom. The van der Waals surface area contributed by atoms with E-state index >= 15 is 0 Å². The van der Waals surface area contributed by atoms with Crippen molar-refractivity contribution in [3.63, 3.8) is 0 Å². The molecular weight excluding hydrogens is 306 g/mol. The summed E-state index contributed by atoms with van der Waals surface area (Å²) in [6.45, 7) is 3.19. The molecule has 1 unspecified atom stereocenters. The van der Waals surface area contributed by atoms with Crippen LogP contribution in [0.3, 0.4) is 0 Å². The van der Waals surface area contributed by atoms with Gasteiger partial charge in [0.05, 0.1) is 6.54 Å². The summed E-state index contributed by atoms with van der Waals surface area (Å²) in [5.41, 5.74) is -1.06. The minimum atomic E-state index is -1.40. The Hall–Kier alpha value is -1.82. The lowest BCUT2D eigenvalue weighted by Gasteiger charge is -2.22. The third kappa shape index (κ3) is 3.68. The van der Waals surface area contributed by atoms with Crippen LogP contribution in [-0.2, 0) is 10.4 Å². The Balaban J connectivity index is 2.02. The number of nitrogens with one attached hydrogen (secondary N) is 1. The number of amides is 1. The fourth-order valence-corrected chi connectivity index (χ4v) is 2.24. The van der Waals surface area contributed by atoms with Gasteiger partial charge in [0.15, 0.2) is 6.10 Å². The molecule has 3 N–H and O–H groups in total. The third-order valence-corrected chi connectivity index (χ3v) is 3.67. The highest BCUT2D eigenvalue weighted by atomic mass is 35.5. The molecule has 1 amide bonds. The van der Waals surface area contributed by atoms with Crippen LogP contribution in [0, 0.1) is 6.92 Å². The van der Waals surface area contributed by atoms with Crippen molar-refractivity contribution in [3.05, 3.63) is 58.5 Å². The first kappa shape index (κ1) is 16.5. The van der Waals surface area contributed by atoms with Gasteiger partial charge in [-0.3, -0.25) is 4.79 Å². The molecule has 0 fully saturated rings. The molecule has 22 heavy (non-hydrogen) atoms. The molecule has 0 radical (unpaired) electrons. The number of rotatable bonds is 5. The van der Waals surface area contributed by atoms with E-state index in [2.05, 4.69) is 5.32 Å². The van der Waals surface area contributed by atoms with Gasteiger partial charge in [-0.15, -0.1) is 0 Å². The number of aliphatic hydroxyl groups excluding tert-OH is 1. The summed E-state index contributed by atoms with van der Waals surface area (Å²) in [6, 6.07) is 9.92. The van der Waals surface area contributed by atoms with Crippen molar-refractivity contribution in [2.24, 2.45) is 0 Å². The van der Waals surface area contributed by atoms with Gasteiger partial charge in [0, 0.05) is 10.6 Å². The molecule has 0 spiro atoms. The van der Waals surface area contributed by atoms with E-state index in [0.29, 0.717) is 22.1 Å². The standard InChI is InChI=1S/C16H18ClNO4/c1-10-7-8-13(22-10)16(2,21)9-18-15(20)14(19)11-5-3-4-6-12(11)17/h3-8,14,19,21H,9H2,1-2H3,(H,18,20)/t14-,16?/m1/s1. The van der Waals surface area contributed by atoms with Crippen molar-refractivity contribution in [3.8, 4) is 0 Å². The first-order valence-corrected chi connectivity index (χ1v) is 7.18. The van der Waals surface area contributed by atoms with Crippen molar-refractivity contribution in [2.45, 2.75) is 25.6 Å². The molecular formula is C16H18ClNO4. The lowest BCUT2D eigenvalue weighted by Crippen LogP contribution is -2.40. The molecule has 1 heterocycles. The maximum absolute atomic E-state index is 12.0. The van der Waals surface area contributed by atoms with Crippen LogP contribution in [-0.4, -0.2) is 22.7 Å². The van der Waals surface area contributed by atoms with E-state index in [-0.39, 0.29) is 6.54 Å². The van der Waals surface area contributed by atoms with Crippen LogP contribution in [0.25, 0.3) is 0 Å². The lowest BCUT2D eigenvalue weighted by atomic mass is 10.0. The predicted molar refractivity (Wildman–Crippen MR) is 82.4 cm³/mol. The molecule has 0 bridgehead atoms. The van der Waals surface area contributed by atoms with Crippen LogP contribution in [0.15, 0.2) is 40.8 Å². The Labute approximate surface area is 133 Å². The van der Waals surface area contributed by atoms with Crippen LogP contribution in [0.2, 0.25) is 5.02 Å². The van der Waals surface area contributed by atoms with Crippen molar-refractivity contribution >= 4 is 17.5 Å². The highest BCUT2D eigenvalue weighted by molar-refractivity contribution is 6.31. The molecule has 2 aromatic rings. The van der Waals surface area contributed by atoms with Crippen LogP contribution in [0.4, 0.5) is 0 Å². The van der Waals surface area contributed by atoms with Crippen molar-refractivity contribution < 1.29 is 19.4 Å². The number of aryl methyl sites for hydroxylation is 1. The Morgan fingerprint density at radius 1 is 1.36 bits per heavy atom. The van der Waals surface area contributed by atoms with Crippen molar-refractivity contribution in [1.82, 2.24) is 5.32 Å². The maximum atomic E-state index is 12.0. The molecule has 2 rings (SSSR count). The van der Waals surface area contributed by atoms with Gasteiger partial charge in [-0.05, 0) is 32.0 Å². The number of carbonyl (C=O) groups excluding carboxylic acids is 1.